The van der Waals surface area contributed by atoms with Crippen molar-refractivity contribution in [1.82, 2.24) is 0 Å². The standard InChI is InChI=1S/C23H21N3O4/c1-15(27)25-19-11-6-12-20(14-19)30-21(16-7-3-2-4-8-16)23(29)26-18-10-5-9-17(13-18)22(24)28/h2-14,21H,1H3,(H2,24,28)(H,25,27)(H,26,29). The van der Waals surface area contributed by atoms with Crippen molar-refractivity contribution in [2.45, 2.75) is 13.0 Å². The average Bonchev–Trinajstić information content (AvgIpc) is 2.72. The molecule has 0 heterocycles. The van der Waals surface area contributed by atoms with Crippen molar-refractivity contribution in [1.29, 1.82) is 0 Å². The zero-order chi connectivity index (χ0) is 21.5. The summed E-state index contributed by atoms with van der Waals surface area (Å²) < 4.78 is 5.98. The monoisotopic (exact) mass is 403 g/mol. The molecule has 1 atom stereocenters. The first kappa shape index (κ1) is 20.6. The van der Waals surface area contributed by atoms with Crippen molar-refractivity contribution >= 4 is 29.1 Å². The molecule has 3 aromatic carbocycles. The SMILES string of the molecule is CC(=O)Nc1cccc(OC(C(=O)Nc2cccc(C(N)=O)c2)c2ccccc2)c1. The molecule has 4 N–H and O–H groups in total. The number of hydrogen-bond acceptors (Lipinski definition) is 4. The van der Waals surface area contributed by atoms with Crippen LogP contribution < -0.4 is 21.1 Å². The quantitative estimate of drug-likeness (QED) is 0.561. The third-order valence-electron chi connectivity index (χ3n) is 4.16. The third kappa shape index (κ3) is 5.45. The van der Waals surface area contributed by atoms with E-state index in [4.69, 9.17) is 10.5 Å². The van der Waals surface area contributed by atoms with Gasteiger partial charge in [-0.15, -0.1) is 0 Å². The number of nitrogens with one attached hydrogen (secondary N) is 2. The molecule has 152 valence electrons. The molecule has 30 heavy (non-hydrogen) atoms. The summed E-state index contributed by atoms with van der Waals surface area (Å²) in [7, 11) is 0. The van der Waals surface area contributed by atoms with Crippen LogP contribution in [-0.2, 0) is 9.59 Å². The maximum absolute atomic E-state index is 13.0. The Balaban J connectivity index is 1.86. The molecule has 0 aromatic heterocycles. The van der Waals surface area contributed by atoms with Crippen LogP contribution in [0.25, 0.3) is 0 Å². The number of benzene rings is 3. The lowest BCUT2D eigenvalue weighted by atomic mass is 10.1. The minimum absolute atomic E-state index is 0.209. The summed E-state index contributed by atoms with van der Waals surface area (Å²) in [5.41, 5.74) is 7.22. The molecule has 0 fully saturated rings. The molecule has 0 bridgehead atoms. The van der Waals surface area contributed by atoms with Crippen LogP contribution in [0.2, 0.25) is 0 Å². The van der Waals surface area contributed by atoms with Crippen LogP contribution in [0.5, 0.6) is 5.75 Å². The second-order valence-corrected chi connectivity index (χ2v) is 6.55. The van der Waals surface area contributed by atoms with Gasteiger partial charge in [0.1, 0.15) is 5.75 Å². The van der Waals surface area contributed by atoms with Gasteiger partial charge in [-0.3, -0.25) is 14.4 Å². The van der Waals surface area contributed by atoms with Crippen molar-refractivity contribution in [2.24, 2.45) is 5.73 Å². The maximum atomic E-state index is 13.0. The number of anilines is 2. The van der Waals surface area contributed by atoms with Gasteiger partial charge in [0.2, 0.25) is 17.9 Å². The first-order chi connectivity index (χ1) is 14.4. The minimum atomic E-state index is -0.962. The lowest BCUT2D eigenvalue weighted by molar-refractivity contribution is -0.123. The molecule has 0 radical (unpaired) electrons. The Kier molecular flexibility index (Phi) is 6.44. The predicted octanol–water partition coefficient (Wildman–Crippen LogP) is 3.50. The molecule has 7 heteroatoms. The molecular weight excluding hydrogens is 382 g/mol. The summed E-state index contributed by atoms with van der Waals surface area (Å²) >= 11 is 0. The van der Waals surface area contributed by atoms with E-state index in [1.54, 1.807) is 66.7 Å². The molecule has 3 rings (SSSR count). The lowest BCUT2D eigenvalue weighted by Crippen LogP contribution is -2.26. The molecule has 0 aliphatic carbocycles. The maximum Gasteiger partial charge on any atom is 0.270 e. The normalized spacial score (nSPS) is 11.2. The molecule has 0 saturated heterocycles. The van der Waals surface area contributed by atoms with Crippen LogP contribution in [-0.4, -0.2) is 17.7 Å². The Labute approximate surface area is 173 Å². The molecule has 0 saturated carbocycles. The van der Waals surface area contributed by atoms with E-state index in [9.17, 15) is 14.4 Å². The summed E-state index contributed by atoms with van der Waals surface area (Å²) in [6, 6.07) is 22.1. The highest BCUT2D eigenvalue weighted by molar-refractivity contribution is 5.98. The zero-order valence-corrected chi connectivity index (χ0v) is 16.3. The van der Waals surface area contributed by atoms with Crippen molar-refractivity contribution in [3.8, 4) is 5.75 Å². The van der Waals surface area contributed by atoms with Crippen LogP contribution in [0, 0.1) is 0 Å². The van der Waals surface area contributed by atoms with Crippen molar-refractivity contribution in [3.63, 3.8) is 0 Å². The molecule has 0 aliphatic heterocycles. The number of rotatable bonds is 7. The summed E-state index contributed by atoms with van der Waals surface area (Å²) in [6.07, 6.45) is -0.962. The molecule has 0 spiro atoms. The Morgan fingerprint density at radius 3 is 2.17 bits per heavy atom. The predicted molar refractivity (Wildman–Crippen MR) is 114 cm³/mol. The number of hydrogen-bond donors (Lipinski definition) is 3. The van der Waals surface area contributed by atoms with Gasteiger partial charge in [0.05, 0.1) is 0 Å². The largest absolute Gasteiger partial charge is 0.476 e. The Morgan fingerprint density at radius 2 is 1.50 bits per heavy atom. The van der Waals surface area contributed by atoms with Gasteiger partial charge in [-0.05, 0) is 30.3 Å². The first-order valence-electron chi connectivity index (χ1n) is 9.22. The van der Waals surface area contributed by atoms with Crippen LogP contribution in [0.3, 0.4) is 0 Å². The number of primary amides is 1. The van der Waals surface area contributed by atoms with Gasteiger partial charge in [0, 0.05) is 35.5 Å². The summed E-state index contributed by atoms with van der Waals surface area (Å²) in [5, 5.41) is 5.44. The fourth-order valence-electron chi connectivity index (χ4n) is 2.85. The van der Waals surface area contributed by atoms with E-state index in [2.05, 4.69) is 10.6 Å². The van der Waals surface area contributed by atoms with Gasteiger partial charge in [-0.1, -0.05) is 42.5 Å². The lowest BCUT2D eigenvalue weighted by Gasteiger charge is -2.20. The van der Waals surface area contributed by atoms with Crippen LogP contribution in [0.1, 0.15) is 28.9 Å². The average molecular weight is 403 g/mol. The molecule has 0 aliphatic rings. The number of amides is 3. The van der Waals surface area contributed by atoms with Crippen molar-refractivity contribution < 1.29 is 19.1 Å². The van der Waals surface area contributed by atoms with Gasteiger partial charge in [-0.25, -0.2) is 0 Å². The smallest absolute Gasteiger partial charge is 0.270 e. The van der Waals surface area contributed by atoms with E-state index in [0.29, 0.717) is 22.7 Å². The highest BCUT2D eigenvalue weighted by Gasteiger charge is 2.23. The molecule has 3 amide bonds. The summed E-state index contributed by atoms with van der Waals surface area (Å²) in [4.78, 5) is 35.7. The fourth-order valence-corrected chi connectivity index (χ4v) is 2.85. The number of carbonyl (C=O) groups excluding carboxylic acids is 3. The van der Waals surface area contributed by atoms with E-state index in [0.717, 1.165) is 0 Å². The zero-order valence-electron chi connectivity index (χ0n) is 16.3. The van der Waals surface area contributed by atoms with Crippen molar-refractivity contribution in [2.75, 3.05) is 10.6 Å². The highest BCUT2D eigenvalue weighted by Crippen LogP contribution is 2.26. The second kappa shape index (κ2) is 9.38. The number of carbonyl (C=O) groups is 3. The van der Waals surface area contributed by atoms with Crippen LogP contribution >= 0.6 is 0 Å². The molecule has 1 unspecified atom stereocenters. The van der Waals surface area contributed by atoms with Gasteiger partial charge in [0.25, 0.3) is 5.91 Å². The molecular formula is C23H21N3O4. The third-order valence-corrected chi connectivity index (χ3v) is 4.16. The number of ether oxygens (including phenoxy) is 1. The minimum Gasteiger partial charge on any atom is -0.476 e. The van der Waals surface area contributed by atoms with Crippen LogP contribution in [0.15, 0.2) is 78.9 Å². The van der Waals surface area contributed by atoms with E-state index in [-0.39, 0.29) is 11.5 Å². The molecule has 3 aromatic rings. The van der Waals surface area contributed by atoms with Gasteiger partial charge in [-0.2, -0.15) is 0 Å². The Hall–Kier alpha value is -4.13. The fraction of sp³-hybridized carbons (Fsp3) is 0.0870. The van der Waals surface area contributed by atoms with Gasteiger partial charge >= 0.3 is 0 Å². The van der Waals surface area contributed by atoms with Crippen LogP contribution in [0.4, 0.5) is 11.4 Å². The molecule has 7 nitrogen and oxygen atoms in total. The highest BCUT2D eigenvalue weighted by atomic mass is 16.5. The summed E-state index contributed by atoms with van der Waals surface area (Å²) in [5.74, 6) is -0.806. The Bertz CT molecular complexity index is 1070. The summed E-state index contributed by atoms with van der Waals surface area (Å²) in [6.45, 7) is 1.41. The first-order valence-corrected chi connectivity index (χ1v) is 9.22. The van der Waals surface area contributed by atoms with E-state index >= 15 is 0 Å². The Morgan fingerprint density at radius 1 is 0.833 bits per heavy atom. The van der Waals surface area contributed by atoms with E-state index < -0.39 is 17.9 Å². The van der Waals surface area contributed by atoms with Gasteiger partial charge < -0.3 is 21.1 Å². The number of nitrogens with two attached hydrogens (primary N) is 1. The van der Waals surface area contributed by atoms with E-state index in [1.807, 2.05) is 6.07 Å². The second-order valence-electron chi connectivity index (χ2n) is 6.55. The van der Waals surface area contributed by atoms with Crippen molar-refractivity contribution in [3.05, 3.63) is 90.0 Å². The topological polar surface area (TPSA) is 111 Å². The van der Waals surface area contributed by atoms with Gasteiger partial charge in [0.15, 0.2) is 0 Å². The van der Waals surface area contributed by atoms with E-state index in [1.165, 1.54) is 13.0 Å².